The molecule has 1 amide bonds. The molecular formula is C31H35NO2S. The van der Waals surface area contributed by atoms with E-state index in [9.17, 15) is 4.79 Å². The molecule has 3 aromatic carbocycles. The van der Waals surface area contributed by atoms with Crippen molar-refractivity contribution in [2.75, 3.05) is 0 Å². The zero-order valence-electron chi connectivity index (χ0n) is 20.9. The number of rotatable bonds is 7. The van der Waals surface area contributed by atoms with E-state index in [-0.39, 0.29) is 24.1 Å². The lowest BCUT2D eigenvalue weighted by Gasteiger charge is -2.39. The summed E-state index contributed by atoms with van der Waals surface area (Å²) in [5.41, 5.74) is 4.59. The summed E-state index contributed by atoms with van der Waals surface area (Å²) in [6, 6.07) is 25.8. The van der Waals surface area contributed by atoms with Crippen LogP contribution in [-0.2, 0) is 5.75 Å². The zero-order valence-corrected chi connectivity index (χ0v) is 21.8. The standard InChI is InChI=1S/C31H35NO2S/c1-21(2)29-9-4-5-10-30(29)34-27-18-25-15-16-26(19-27)32(25)31(33)24-13-11-23(12-14-24)20-35-28-8-6-7-22(3)17-28/h4-14,17,21,25-27H,15-16,18-20H2,1-3H3/t25-,26-/m0/s1. The molecule has 0 radical (unpaired) electrons. The predicted octanol–water partition coefficient (Wildman–Crippen LogP) is 7.63. The maximum absolute atomic E-state index is 13.5. The molecule has 2 bridgehead atoms. The van der Waals surface area contributed by atoms with E-state index in [0.717, 1.165) is 42.7 Å². The van der Waals surface area contributed by atoms with Crippen LogP contribution in [0.3, 0.4) is 0 Å². The van der Waals surface area contributed by atoms with Crippen molar-refractivity contribution in [2.45, 2.75) is 81.2 Å². The van der Waals surface area contributed by atoms with Gasteiger partial charge in [-0.1, -0.05) is 61.9 Å². The third-order valence-electron chi connectivity index (χ3n) is 7.35. The van der Waals surface area contributed by atoms with E-state index < -0.39 is 0 Å². The molecule has 0 saturated carbocycles. The van der Waals surface area contributed by atoms with Gasteiger partial charge in [-0.15, -0.1) is 11.8 Å². The van der Waals surface area contributed by atoms with Crippen molar-refractivity contribution in [2.24, 2.45) is 0 Å². The zero-order chi connectivity index (χ0) is 24.4. The molecule has 0 N–H and O–H groups in total. The molecule has 0 aliphatic carbocycles. The van der Waals surface area contributed by atoms with Crippen LogP contribution in [0.1, 0.15) is 72.5 Å². The predicted molar refractivity (Wildman–Crippen MR) is 144 cm³/mol. The van der Waals surface area contributed by atoms with Gasteiger partial charge in [0.25, 0.3) is 5.91 Å². The largest absolute Gasteiger partial charge is 0.490 e. The van der Waals surface area contributed by atoms with Gasteiger partial charge in [0, 0.05) is 41.1 Å². The van der Waals surface area contributed by atoms with E-state index in [2.05, 4.69) is 86.3 Å². The number of ether oxygens (including phenoxy) is 1. The number of fused-ring (bicyclic) bond motifs is 2. The first-order chi connectivity index (χ1) is 17.0. The number of carbonyl (C=O) groups excluding carboxylic acids is 1. The molecule has 2 saturated heterocycles. The van der Waals surface area contributed by atoms with Crippen molar-refractivity contribution in [1.29, 1.82) is 0 Å². The summed E-state index contributed by atoms with van der Waals surface area (Å²) in [4.78, 5) is 16.9. The van der Waals surface area contributed by atoms with Crippen molar-refractivity contribution in [3.05, 3.63) is 95.1 Å². The lowest BCUT2D eigenvalue weighted by molar-refractivity contribution is 0.0356. The average molecular weight is 486 g/mol. The van der Waals surface area contributed by atoms with Gasteiger partial charge in [0.2, 0.25) is 0 Å². The molecule has 0 spiro atoms. The lowest BCUT2D eigenvalue weighted by atomic mass is 9.97. The maximum atomic E-state index is 13.5. The van der Waals surface area contributed by atoms with E-state index >= 15 is 0 Å². The van der Waals surface area contributed by atoms with Crippen molar-refractivity contribution in [3.8, 4) is 5.75 Å². The van der Waals surface area contributed by atoms with Crippen LogP contribution < -0.4 is 4.74 Å². The molecule has 3 nitrogen and oxygen atoms in total. The summed E-state index contributed by atoms with van der Waals surface area (Å²) >= 11 is 1.84. The van der Waals surface area contributed by atoms with Crippen molar-refractivity contribution >= 4 is 17.7 Å². The number of aryl methyl sites for hydroxylation is 1. The molecule has 2 aliphatic rings. The molecule has 2 aliphatic heterocycles. The number of hydrogen-bond donors (Lipinski definition) is 0. The molecule has 2 heterocycles. The second-order valence-electron chi connectivity index (χ2n) is 10.3. The molecule has 4 heteroatoms. The monoisotopic (exact) mass is 485 g/mol. The van der Waals surface area contributed by atoms with Crippen LogP contribution in [-0.4, -0.2) is 29.0 Å². The van der Waals surface area contributed by atoms with Gasteiger partial charge in [-0.05, 0) is 67.1 Å². The minimum Gasteiger partial charge on any atom is -0.490 e. The van der Waals surface area contributed by atoms with Crippen LogP contribution in [0.15, 0.2) is 77.7 Å². The highest BCUT2D eigenvalue weighted by Gasteiger charge is 2.44. The Morgan fingerprint density at radius 1 is 0.971 bits per heavy atom. The van der Waals surface area contributed by atoms with Gasteiger partial charge in [0.15, 0.2) is 0 Å². The Morgan fingerprint density at radius 2 is 1.69 bits per heavy atom. The number of thioether (sulfide) groups is 1. The Kier molecular flexibility index (Phi) is 7.19. The van der Waals surface area contributed by atoms with Gasteiger partial charge in [-0.3, -0.25) is 4.79 Å². The highest BCUT2D eigenvalue weighted by Crippen LogP contribution is 2.39. The number of nitrogens with zero attached hydrogens (tertiary/aromatic N) is 1. The first-order valence-corrected chi connectivity index (χ1v) is 13.8. The Bertz CT molecular complexity index is 1160. The number of piperidine rings is 1. The molecule has 3 aromatic rings. The third-order valence-corrected chi connectivity index (χ3v) is 8.42. The van der Waals surface area contributed by atoms with E-state index in [1.54, 1.807) is 0 Å². The molecule has 0 unspecified atom stereocenters. The quantitative estimate of drug-likeness (QED) is 0.322. The van der Waals surface area contributed by atoms with Crippen molar-refractivity contribution < 1.29 is 9.53 Å². The van der Waals surface area contributed by atoms with Gasteiger partial charge in [0.05, 0.1) is 0 Å². The van der Waals surface area contributed by atoms with Crippen LogP contribution in [0.4, 0.5) is 0 Å². The van der Waals surface area contributed by atoms with Crippen LogP contribution in [0.25, 0.3) is 0 Å². The Labute approximate surface area is 213 Å². The number of carbonyl (C=O) groups is 1. The fourth-order valence-electron chi connectivity index (χ4n) is 5.56. The summed E-state index contributed by atoms with van der Waals surface area (Å²) in [5.74, 6) is 2.52. The fourth-order valence-corrected chi connectivity index (χ4v) is 6.53. The topological polar surface area (TPSA) is 29.5 Å². The highest BCUT2D eigenvalue weighted by atomic mass is 32.2. The first-order valence-electron chi connectivity index (χ1n) is 12.8. The third kappa shape index (κ3) is 5.43. The van der Waals surface area contributed by atoms with Crippen LogP contribution >= 0.6 is 11.8 Å². The first kappa shape index (κ1) is 24.0. The van der Waals surface area contributed by atoms with Gasteiger partial charge < -0.3 is 9.64 Å². The molecule has 0 aromatic heterocycles. The smallest absolute Gasteiger partial charge is 0.254 e. The molecule has 5 rings (SSSR count). The Hall–Kier alpha value is -2.72. The van der Waals surface area contributed by atoms with Crippen LogP contribution in [0, 0.1) is 6.92 Å². The summed E-state index contributed by atoms with van der Waals surface area (Å²) < 4.78 is 6.51. The summed E-state index contributed by atoms with van der Waals surface area (Å²) in [6.45, 7) is 6.54. The van der Waals surface area contributed by atoms with Crippen LogP contribution in [0.2, 0.25) is 0 Å². The number of hydrogen-bond acceptors (Lipinski definition) is 3. The van der Waals surface area contributed by atoms with E-state index in [4.69, 9.17) is 4.74 Å². The number of para-hydroxylation sites is 1. The van der Waals surface area contributed by atoms with E-state index in [1.807, 2.05) is 23.9 Å². The van der Waals surface area contributed by atoms with Crippen LogP contribution in [0.5, 0.6) is 5.75 Å². The SMILES string of the molecule is Cc1cccc(SCc2ccc(C(=O)N3[C@H]4CC[C@H]3CC(Oc3ccccc3C(C)C)C4)cc2)c1. The summed E-state index contributed by atoms with van der Waals surface area (Å²) in [5, 5.41) is 0. The Morgan fingerprint density at radius 3 is 2.37 bits per heavy atom. The maximum Gasteiger partial charge on any atom is 0.254 e. The minimum absolute atomic E-state index is 0.177. The van der Waals surface area contributed by atoms with E-state index in [0.29, 0.717) is 5.92 Å². The number of benzene rings is 3. The second kappa shape index (κ2) is 10.5. The summed E-state index contributed by atoms with van der Waals surface area (Å²) in [6.07, 6.45) is 4.16. The fraction of sp³-hybridized carbons (Fsp3) is 0.387. The number of amides is 1. The van der Waals surface area contributed by atoms with Crippen molar-refractivity contribution in [3.63, 3.8) is 0 Å². The lowest BCUT2D eigenvalue weighted by Crippen LogP contribution is -2.49. The molecule has 35 heavy (non-hydrogen) atoms. The van der Waals surface area contributed by atoms with Gasteiger partial charge in [0.1, 0.15) is 11.9 Å². The molecule has 2 fully saturated rings. The van der Waals surface area contributed by atoms with Crippen molar-refractivity contribution in [1.82, 2.24) is 4.90 Å². The molecule has 182 valence electrons. The summed E-state index contributed by atoms with van der Waals surface area (Å²) in [7, 11) is 0. The average Bonchev–Trinajstić information content (AvgIpc) is 3.13. The van der Waals surface area contributed by atoms with Gasteiger partial charge >= 0.3 is 0 Å². The van der Waals surface area contributed by atoms with Gasteiger partial charge in [-0.25, -0.2) is 0 Å². The molecular weight excluding hydrogens is 450 g/mol. The second-order valence-corrected chi connectivity index (χ2v) is 11.4. The highest BCUT2D eigenvalue weighted by molar-refractivity contribution is 7.98. The van der Waals surface area contributed by atoms with E-state index in [1.165, 1.54) is 21.6 Å². The Balaban J connectivity index is 1.21. The normalized spacial score (nSPS) is 21.4. The molecule has 2 atom stereocenters. The minimum atomic E-state index is 0.177. The van der Waals surface area contributed by atoms with Gasteiger partial charge in [-0.2, -0.15) is 0 Å².